The number of rotatable bonds is 2. The molecule has 2 aliphatic rings. The van der Waals surface area contributed by atoms with Crippen LogP contribution in [0.5, 0.6) is 0 Å². The molecule has 2 bridgehead atoms. The Bertz CT molecular complexity index is 448. The summed E-state index contributed by atoms with van der Waals surface area (Å²) >= 11 is 1.56. The van der Waals surface area contributed by atoms with Gasteiger partial charge in [0.05, 0.1) is 0 Å². The number of thiophene rings is 1. The van der Waals surface area contributed by atoms with Gasteiger partial charge >= 0.3 is 0 Å². The monoisotopic (exact) mass is 279 g/mol. The first-order valence-corrected chi connectivity index (χ1v) is 7.84. The highest BCUT2D eigenvalue weighted by atomic mass is 32.1. The Morgan fingerprint density at radius 3 is 2.95 bits per heavy atom. The van der Waals surface area contributed by atoms with Crippen molar-refractivity contribution in [2.45, 2.75) is 37.4 Å². The first-order valence-electron chi connectivity index (χ1n) is 6.96. The summed E-state index contributed by atoms with van der Waals surface area (Å²) in [5.41, 5.74) is 6.10. The second-order valence-electron chi connectivity index (χ2n) is 5.62. The molecule has 0 aliphatic carbocycles. The first kappa shape index (κ1) is 13.1. The number of amides is 1. The van der Waals surface area contributed by atoms with Crippen molar-refractivity contribution < 1.29 is 4.79 Å². The van der Waals surface area contributed by atoms with E-state index in [0.29, 0.717) is 12.1 Å². The third-order valence-electron chi connectivity index (χ3n) is 4.58. The normalized spacial score (nSPS) is 29.3. The molecule has 2 aliphatic heterocycles. The molecular weight excluding hydrogens is 258 g/mol. The van der Waals surface area contributed by atoms with Gasteiger partial charge in [-0.25, -0.2) is 0 Å². The standard InChI is InChI=1S/C14H21N3OS/c1-16-10-4-5-11(16)9-17(7-6-10)14(18)13(15)12-3-2-8-19-12/h2-3,8,10-11,13H,4-7,9,15H2,1H3. The number of hydrogen-bond acceptors (Lipinski definition) is 4. The molecule has 1 aromatic rings. The Balaban J connectivity index is 1.70. The molecule has 1 amide bonds. The third-order valence-corrected chi connectivity index (χ3v) is 5.53. The maximum atomic E-state index is 12.5. The smallest absolute Gasteiger partial charge is 0.244 e. The fourth-order valence-corrected chi connectivity index (χ4v) is 4.01. The molecule has 3 unspecified atom stereocenters. The van der Waals surface area contributed by atoms with Crippen molar-refractivity contribution >= 4 is 17.2 Å². The number of nitrogens with zero attached hydrogens (tertiary/aromatic N) is 2. The minimum atomic E-state index is -0.484. The number of likely N-dealkylation sites (N-methyl/N-ethyl adjacent to an activating group) is 1. The summed E-state index contributed by atoms with van der Waals surface area (Å²) in [5, 5.41) is 1.97. The molecule has 0 aromatic carbocycles. The van der Waals surface area contributed by atoms with Crippen LogP contribution in [0.4, 0.5) is 0 Å². The number of carbonyl (C=O) groups excluding carboxylic acids is 1. The summed E-state index contributed by atoms with van der Waals surface area (Å²) in [6, 6.07) is 4.59. The Kier molecular flexibility index (Phi) is 3.60. The molecule has 2 saturated heterocycles. The van der Waals surface area contributed by atoms with Crippen molar-refractivity contribution in [2.75, 3.05) is 20.1 Å². The van der Waals surface area contributed by atoms with Gasteiger partial charge in [0.25, 0.3) is 0 Å². The summed E-state index contributed by atoms with van der Waals surface area (Å²) in [5.74, 6) is 0.0865. The summed E-state index contributed by atoms with van der Waals surface area (Å²) < 4.78 is 0. The van der Waals surface area contributed by atoms with Crippen LogP contribution in [-0.2, 0) is 4.79 Å². The average Bonchev–Trinajstić information content (AvgIpc) is 2.98. The van der Waals surface area contributed by atoms with E-state index in [1.165, 1.54) is 12.8 Å². The highest BCUT2D eigenvalue weighted by Crippen LogP contribution is 2.29. The van der Waals surface area contributed by atoms with E-state index in [9.17, 15) is 4.79 Å². The molecule has 1 aromatic heterocycles. The van der Waals surface area contributed by atoms with Crippen LogP contribution in [0.3, 0.4) is 0 Å². The van der Waals surface area contributed by atoms with Gasteiger partial charge in [0.15, 0.2) is 0 Å². The molecule has 5 heteroatoms. The van der Waals surface area contributed by atoms with Crippen molar-refractivity contribution in [3.63, 3.8) is 0 Å². The van der Waals surface area contributed by atoms with E-state index < -0.39 is 6.04 Å². The molecule has 3 heterocycles. The Morgan fingerprint density at radius 2 is 2.21 bits per heavy atom. The number of hydrogen-bond donors (Lipinski definition) is 1. The van der Waals surface area contributed by atoms with Crippen LogP contribution in [0.25, 0.3) is 0 Å². The molecule has 104 valence electrons. The topological polar surface area (TPSA) is 49.6 Å². The molecule has 0 saturated carbocycles. The van der Waals surface area contributed by atoms with Crippen molar-refractivity contribution in [1.29, 1.82) is 0 Å². The van der Waals surface area contributed by atoms with Crippen molar-refractivity contribution in [3.8, 4) is 0 Å². The quantitative estimate of drug-likeness (QED) is 0.891. The minimum absolute atomic E-state index is 0.0865. The highest BCUT2D eigenvalue weighted by molar-refractivity contribution is 7.10. The maximum absolute atomic E-state index is 12.5. The van der Waals surface area contributed by atoms with Crippen molar-refractivity contribution in [1.82, 2.24) is 9.80 Å². The SMILES string of the molecule is CN1C2CCC1CN(C(=O)C(N)c1cccs1)CC2. The number of fused-ring (bicyclic) bond motifs is 2. The second kappa shape index (κ2) is 5.23. The summed E-state index contributed by atoms with van der Waals surface area (Å²) in [6.45, 7) is 1.69. The van der Waals surface area contributed by atoms with E-state index >= 15 is 0 Å². The molecule has 2 N–H and O–H groups in total. The van der Waals surface area contributed by atoms with Gasteiger partial charge in [-0.15, -0.1) is 11.3 Å². The minimum Gasteiger partial charge on any atom is -0.339 e. The van der Waals surface area contributed by atoms with Crippen LogP contribution in [-0.4, -0.2) is 47.9 Å². The largest absolute Gasteiger partial charge is 0.339 e. The van der Waals surface area contributed by atoms with Gasteiger partial charge in [0.1, 0.15) is 6.04 Å². The van der Waals surface area contributed by atoms with Gasteiger partial charge in [0, 0.05) is 30.1 Å². The van der Waals surface area contributed by atoms with Crippen molar-refractivity contribution in [3.05, 3.63) is 22.4 Å². The van der Waals surface area contributed by atoms with Crippen molar-refractivity contribution in [2.24, 2.45) is 5.73 Å². The average molecular weight is 279 g/mol. The van der Waals surface area contributed by atoms with E-state index in [1.807, 2.05) is 22.4 Å². The third kappa shape index (κ3) is 2.42. The van der Waals surface area contributed by atoms with Crippen LogP contribution in [0.1, 0.15) is 30.2 Å². The lowest BCUT2D eigenvalue weighted by Gasteiger charge is -2.27. The predicted molar refractivity (Wildman–Crippen MR) is 77.0 cm³/mol. The Hall–Kier alpha value is -0.910. The first-order chi connectivity index (χ1) is 9.16. The van der Waals surface area contributed by atoms with E-state index in [1.54, 1.807) is 11.3 Å². The highest BCUT2D eigenvalue weighted by Gasteiger charge is 2.37. The number of carbonyl (C=O) groups is 1. The van der Waals surface area contributed by atoms with Crippen LogP contribution in [0, 0.1) is 0 Å². The van der Waals surface area contributed by atoms with Crippen LogP contribution in [0.15, 0.2) is 17.5 Å². The fraction of sp³-hybridized carbons (Fsp3) is 0.643. The molecule has 2 fully saturated rings. The van der Waals surface area contributed by atoms with Gasteiger partial charge < -0.3 is 10.6 Å². The molecule has 0 radical (unpaired) electrons. The van der Waals surface area contributed by atoms with E-state index in [4.69, 9.17) is 5.73 Å². The molecule has 4 nitrogen and oxygen atoms in total. The molecular formula is C14H21N3OS. The molecule has 0 spiro atoms. The zero-order valence-electron chi connectivity index (χ0n) is 11.3. The zero-order valence-corrected chi connectivity index (χ0v) is 12.1. The van der Waals surface area contributed by atoms with Gasteiger partial charge in [0.2, 0.25) is 5.91 Å². The van der Waals surface area contributed by atoms with E-state index in [-0.39, 0.29) is 5.91 Å². The summed E-state index contributed by atoms with van der Waals surface area (Å²) in [4.78, 5) is 17.9. The Labute approximate surface area is 118 Å². The van der Waals surface area contributed by atoms with Crippen LogP contribution >= 0.6 is 11.3 Å². The van der Waals surface area contributed by atoms with Gasteiger partial charge in [-0.1, -0.05) is 6.07 Å². The lowest BCUT2D eigenvalue weighted by molar-refractivity contribution is -0.133. The number of nitrogens with two attached hydrogens (primary N) is 1. The lowest BCUT2D eigenvalue weighted by Crippen LogP contribution is -2.43. The fourth-order valence-electron chi connectivity index (χ4n) is 3.30. The van der Waals surface area contributed by atoms with Gasteiger partial charge in [-0.2, -0.15) is 0 Å². The van der Waals surface area contributed by atoms with E-state index in [2.05, 4.69) is 11.9 Å². The van der Waals surface area contributed by atoms with Gasteiger partial charge in [-0.05, 0) is 37.8 Å². The number of likely N-dealkylation sites (tertiary alicyclic amines) is 1. The predicted octanol–water partition coefficient (Wildman–Crippen LogP) is 1.44. The second-order valence-corrected chi connectivity index (χ2v) is 6.60. The molecule has 3 atom stereocenters. The Morgan fingerprint density at radius 1 is 1.42 bits per heavy atom. The van der Waals surface area contributed by atoms with Crippen LogP contribution < -0.4 is 5.73 Å². The molecule has 3 rings (SSSR count). The maximum Gasteiger partial charge on any atom is 0.244 e. The van der Waals surface area contributed by atoms with Crippen LogP contribution in [0.2, 0.25) is 0 Å². The van der Waals surface area contributed by atoms with E-state index in [0.717, 1.165) is 24.4 Å². The summed E-state index contributed by atoms with van der Waals surface area (Å²) in [7, 11) is 2.19. The molecule has 19 heavy (non-hydrogen) atoms. The lowest BCUT2D eigenvalue weighted by atomic mass is 10.1. The van der Waals surface area contributed by atoms with Gasteiger partial charge in [-0.3, -0.25) is 9.69 Å². The summed E-state index contributed by atoms with van der Waals surface area (Å²) in [6.07, 6.45) is 3.56. The zero-order chi connectivity index (χ0) is 13.4.